The number of nitrogens with one attached hydrogen (secondary N) is 1. The monoisotopic (exact) mass is 296 g/mol. The number of nitro benzene ring substituents is 1. The molecule has 0 heterocycles. The molecule has 0 spiro atoms. The number of nitrogens with zero attached hydrogens (tertiary/aromatic N) is 1. The van der Waals surface area contributed by atoms with E-state index in [0.29, 0.717) is 0 Å². The van der Waals surface area contributed by atoms with Gasteiger partial charge in [0.15, 0.2) is 0 Å². The quantitative estimate of drug-likeness (QED) is 0.680. The van der Waals surface area contributed by atoms with Crippen LogP contribution in [0, 0.1) is 27.6 Å². The van der Waals surface area contributed by atoms with Gasteiger partial charge in [-0.05, 0) is 25.1 Å². The molecule has 1 atom stereocenters. The van der Waals surface area contributed by atoms with E-state index in [9.17, 15) is 23.3 Å². The van der Waals surface area contributed by atoms with Crippen molar-refractivity contribution in [1.82, 2.24) is 0 Å². The SMILES string of the molecule is CC(Nc1ccc(F)cc1[N+](=O)[O-])c1ccc(F)cc1F. The smallest absolute Gasteiger partial charge is 0.295 e. The zero-order chi connectivity index (χ0) is 15.6. The number of benzene rings is 2. The van der Waals surface area contributed by atoms with E-state index in [2.05, 4.69) is 5.32 Å². The first kappa shape index (κ1) is 14.8. The molecule has 0 aliphatic carbocycles. The summed E-state index contributed by atoms with van der Waals surface area (Å²) in [5.41, 5.74) is -0.253. The maximum Gasteiger partial charge on any atom is 0.295 e. The Hall–Kier alpha value is -2.57. The lowest BCUT2D eigenvalue weighted by Crippen LogP contribution is -2.10. The van der Waals surface area contributed by atoms with E-state index < -0.39 is 34.1 Å². The second-order valence-electron chi connectivity index (χ2n) is 4.45. The molecule has 0 fully saturated rings. The first-order valence-corrected chi connectivity index (χ1v) is 6.04. The molecule has 0 aliphatic heterocycles. The van der Waals surface area contributed by atoms with Crippen LogP contribution in [0.3, 0.4) is 0 Å². The summed E-state index contributed by atoms with van der Waals surface area (Å²) in [5, 5.41) is 13.6. The number of rotatable bonds is 4. The third-order valence-corrected chi connectivity index (χ3v) is 2.96. The van der Waals surface area contributed by atoms with Crippen LogP contribution in [-0.4, -0.2) is 4.92 Å². The van der Waals surface area contributed by atoms with Crippen molar-refractivity contribution in [2.24, 2.45) is 0 Å². The summed E-state index contributed by atoms with van der Waals surface area (Å²) in [7, 11) is 0. The molecule has 2 aromatic rings. The predicted octanol–water partition coefficient (Wildman–Crippen LogP) is 4.19. The molecule has 0 amide bonds. The van der Waals surface area contributed by atoms with Crippen molar-refractivity contribution in [3.63, 3.8) is 0 Å². The number of halogens is 3. The molecule has 21 heavy (non-hydrogen) atoms. The minimum atomic E-state index is -0.764. The van der Waals surface area contributed by atoms with E-state index in [-0.39, 0.29) is 11.3 Å². The highest BCUT2D eigenvalue weighted by molar-refractivity contribution is 5.62. The van der Waals surface area contributed by atoms with Gasteiger partial charge in [0.25, 0.3) is 5.69 Å². The van der Waals surface area contributed by atoms with Crippen LogP contribution in [0.2, 0.25) is 0 Å². The van der Waals surface area contributed by atoms with E-state index in [0.717, 1.165) is 24.3 Å². The fraction of sp³-hybridized carbons (Fsp3) is 0.143. The average Bonchev–Trinajstić information content (AvgIpc) is 2.40. The second kappa shape index (κ2) is 5.82. The largest absolute Gasteiger partial charge is 0.373 e. The third kappa shape index (κ3) is 3.31. The Morgan fingerprint density at radius 1 is 1.10 bits per heavy atom. The second-order valence-corrected chi connectivity index (χ2v) is 4.45. The molecule has 110 valence electrons. The zero-order valence-electron chi connectivity index (χ0n) is 10.9. The lowest BCUT2D eigenvalue weighted by molar-refractivity contribution is -0.384. The third-order valence-electron chi connectivity index (χ3n) is 2.96. The fourth-order valence-electron chi connectivity index (χ4n) is 1.94. The molecule has 0 aliphatic rings. The number of hydrogen-bond donors (Lipinski definition) is 1. The van der Waals surface area contributed by atoms with Crippen LogP contribution in [-0.2, 0) is 0 Å². The molecule has 4 nitrogen and oxygen atoms in total. The van der Waals surface area contributed by atoms with Crippen LogP contribution >= 0.6 is 0 Å². The van der Waals surface area contributed by atoms with Gasteiger partial charge in [-0.3, -0.25) is 10.1 Å². The summed E-state index contributed by atoms with van der Waals surface area (Å²) in [6, 6.07) is 5.44. The minimum absolute atomic E-state index is 0.0534. The molecule has 2 rings (SSSR count). The highest BCUT2D eigenvalue weighted by atomic mass is 19.1. The zero-order valence-corrected chi connectivity index (χ0v) is 10.9. The molecule has 1 unspecified atom stereocenters. The van der Waals surface area contributed by atoms with Crippen molar-refractivity contribution in [3.8, 4) is 0 Å². The standard InChI is InChI=1S/C14H11F3N2O2/c1-8(11-4-2-9(15)6-12(11)17)18-13-5-3-10(16)7-14(13)19(20)21/h2-8,18H,1H3. The molecule has 7 heteroatoms. The Kier molecular flexibility index (Phi) is 4.11. The van der Waals surface area contributed by atoms with Gasteiger partial charge in [-0.15, -0.1) is 0 Å². The molecule has 0 saturated heterocycles. The molecule has 0 saturated carbocycles. The molecular formula is C14H11F3N2O2. The first-order valence-electron chi connectivity index (χ1n) is 6.04. The van der Waals surface area contributed by atoms with Gasteiger partial charge in [-0.25, -0.2) is 13.2 Å². The molecule has 0 bridgehead atoms. The number of nitro groups is 1. The Bertz CT molecular complexity index is 692. The summed E-state index contributed by atoms with van der Waals surface area (Å²) in [4.78, 5) is 10.1. The number of anilines is 1. The average molecular weight is 296 g/mol. The van der Waals surface area contributed by atoms with Gasteiger partial charge in [0.1, 0.15) is 23.1 Å². The summed E-state index contributed by atoms with van der Waals surface area (Å²) in [6.07, 6.45) is 0. The summed E-state index contributed by atoms with van der Waals surface area (Å²) >= 11 is 0. The van der Waals surface area contributed by atoms with Crippen molar-refractivity contribution in [2.45, 2.75) is 13.0 Å². The minimum Gasteiger partial charge on any atom is -0.373 e. The Balaban J connectivity index is 2.31. The predicted molar refractivity (Wildman–Crippen MR) is 71.5 cm³/mol. The van der Waals surface area contributed by atoms with Gasteiger partial charge in [0.2, 0.25) is 0 Å². The van der Waals surface area contributed by atoms with E-state index in [1.807, 2.05) is 0 Å². The van der Waals surface area contributed by atoms with Crippen LogP contribution in [0.1, 0.15) is 18.5 Å². The van der Waals surface area contributed by atoms with Crippen molar-refractivity contribution < 1.29 is 18.1 Å². The van der Waals surface area contributed by atoms with Crippen molar-refractivity contribution in [1.29, 1.82) is 0 Å². The first-order chi connectivity index (χ1) is 9.88. The van der Waals surface area contributed by atoms with Gasteiger partial charge in [-0.1, -0.05) is 6.07 Å². The molecular weight excluding hydrogens is 285 g/mol. The Morgan fingerprint density at radius 2 is 1.71 bits per heavy atom. The summed E-state index contributed by atoms with van der Waals surface area (Å²) in [6.45, 7) is 1.56. The Labute approximate surface area is 118 Å². The maximum absolute atomic E-state index is 13.7. The van der Waals surface area contributed by atoms with Crippen molar-refractivity contribution in [2.75, 3.05) is 5.32 Å². The Morgan fingerprint density at radius 3 is 2.33 bits per heavy atom. The fourth-order valence-corrected chi connectivity index (χ4v) is 1.94. The lowest BCUT2D eigenvalue weighted by atomic mass is 10.1. The van der Waals surface area contributed by atoms with Gasteiger partial charge in [0.05, 0.1) is 17.0 Å². The topological polar surface area (TPSA) is 55.2 Å². The molecule has 0 aromatic heterocycles. The van der Waals surface area contributed by atoms with Crippen LogP contribution in [0.25, 0.3) is 0 Å². The normalized spacial score (nSPS) is 12.0. The van der Waals surface area contributed by atoms with E-state index in [1.54, 1.807) is 6.92 Å². The molecule has 2 aromatic carbocycles. The van der Waals surface area contributed by atoms with E-state index in [4.69, 9.17) is 0 Å². The van der Waals surface area contributed by atoms with Gasteiger partial charge in [-0.2, -0.15) is 0 Å². The van der Waals surface area contributed by atoms with Crippen molar-refractivity contribution >= 4 is 11.4 Å². The summed E-state index contributed by atoms with van der Waals surface area (Å²) < 4.78 is 39.6. The van der Waals surface area contributed by atoms with E-state index >= 15 is 0 Å². The molecule has 0 radical (unpaired) electrons. The van der Waals surface area contributed by atoms with Crippen molar-refractivity contribution in [3.05, 3.63) is 69.5 Å². The van der Waals surface area contributed by atoms with Crippen LogP contribution in [0.15, 0.2) is 36.4 Å². The highest BCUT2D eigenvalue weighted by Crippen LogP contribution is 2.29. The highest BCUT2D eigenvalue weighted by Gasteiger charge is 2.18. The molecule has 1 N–H and O–H groups in total. The van der Waals surface area contributed by atoms with Gasteiger partial charge < -0.3 is 5.32 Å². The lowest BCUT2D eigenvalue weighted by Gasteiger charge is -2.16. The van der Waals surface area contributed by atoms with Gasteiger partial charge in [0, 0.05) is 11.6 Å². The maximum atomic E-state index is 13.7. The van der Waals surface area contributed by atoms with Crippen LogP contribution in [0.4, 0.5) is 24.5 Å². The summed E-state index contributed by atoms with van der Waals surface area (Å²) in [5.74, 6) is -2.22. The van der Waals surface area contributed by atoms with E-state index in [1.165, 1.54) is 12.1 Å². The van der Waals surface area contributed by atoms with Crippen LogP contribution in [0.5, 0.6) is 0 Å². The van der Waals surface area contributed by atoms with Crippen LogP contribution < -0.4 is 5.32 Å². The number of hydrogen-bond acceptors (Lipinski definition) is 3. The van der Waals surface area contributed by atoms with Gasteiger partial charge >= 0.3 is 0 Å².